The van der Waals surface area contributed by atoms with Crippen molar-refractivity contribution >= 4 is 15.9 Å². The van der Waals surface area contributed by atoms with Gasteiger partial charge in [-0.2, -0.15) is 0 Å². The predicted octanol–water partition coefficient (Wildman–Crippen LogP) is -0.549. The van der Waals surface area contributed by atoms with Crippen LogP contribution in [-0.2, 0) is 10.0 Å². The fraction of sp³-hybridized carbons (Fsp3) is 0.833. The van der Waals surface area contributed by atoms with Gasteiger partial charge in [0, 0.05) is 0 Å². The minimum absolute atomic E-state index is 0.0377. The summed E-state index contributed by atoms with van der Waals surface area (Å²) in [5, 5.41) is 11.0. The number of nitrogens with one attached hydrogen (secondary N) is 1. The molecule has 0 aromatic carbocycles. The summed E-state index contributed by atoms with van der Waals surface area (Å²) >= 11 is 0. The van der Waals surface area contributed by atoms with Gasteiger partial charge in [0.15, 0.2) is 5.84 Å². The number of hydrogen-bond acceptors (Lipinski definition) is 4. The van der Waals surface area contributed by atoms with Crippen molar-refractivity contribution in [2.75, 3.05) is 5.75 Å². The lowest BCUT2D eigenvalue weighted by Crippen LogP contribution is -2.43. The van der Waals surface area contributed by atoms with Gasteiger partial charge in [0.2, 0.25) is 10.0 Å². The summed E-state index contributed by atoms with van der Waals surface area (Å²) in [6.07, 6.45) is 0.526. The van der Waals surface area contributed by atoms with Crippen molar-refractivity contribution in [3.05, 3.63) is 0 Å². The van der Waals surface area contributed by atoms with Gasteiger partial charge in [-0.25, -0.2) is 13.1 Å². The molecule has 0 heterocycles. The van der Waals surface area contributed by atoms with Gasteiger partial charge in [0.05, 0.1) is 11.8 Å². The van der Waals surface area contributed by atoms with Crippen molar-refractivity contribution in [3.8, 4) is 0 Å². The van der Waals surface area contributed by atoms with E-state index >= 15 is 0 Å². The molecular weight excluding hydrogens is 194 g/mol. The second-order valence-electron chi connectivity index (χ2n) is 2.68. The zero-order valence-corrected chi connectivity index (χ0v) is 8.50. The summed E-state index contributed by atoms with van der Waals surface area (Å²) in [4.78, 5) is 0. The van der Waals surface area contributed by atoms with Gasteiger partial charge in [-0.05, 0) is 13.3 Å². The van der Waals surface area contributed by atoms with Gasteiger partial charge in [-0.3, -0.25) is 0 Å². The zero-order chi connectivity index (χ0) is 10.5. The van der Waals surface area contributed by atoms with Crippen LogP contribution >= 0.6 is 0 Å². The molecule has 0 saturated heterocycles. The van der Waals surface area contributed by atoms with Crippen molar-refractivity contribution in [1.82, 2.24) is 4.72 Å². The van der Waals surface area contributed by atoms with E-state index in [0.29, 0.717) is 6.42 Å². The summed E-state index contributed by atoms with van der Waals surface area (Å²) in [5.41, 5.74) is 5.19. The minimum Gasteiger partial charge on any atom is -0.409 e. The van der Waals surface area contributed by atoms with Crippen LogP contribution in [0.2, 0.25) is 0 Å². The van der Waals surface area contributed by atoms with E-state index in [4.69, 9.17) is 10.9 Å². The van der Waals surface area contributed by atoms with Gasteiger partial charge in [0.1, 0.15) is 0 Å². The molecular formula is C6H15N3O3S. The summed E-state index contributed by atoms with van der Waals surface area (Å²) < 4.78 is 24.6. The van der Waals surface area contributed by atoms with Crippen LogP contribution in [0, 0.1) is 0 Å². The average molecular weight is 209 g/mol. The Bertz CT molecular complexity index is 273. The first-order valence-electron chi connectivity index (χ1n) is 3.90. The van der Waals surface area contributed by atoms with E-state index in [1.807, 2.05) is 0 Å². The molecule has 0 amide bonds. The Kier molecular flexibility index (Phi) is 4.71. The third kappa shape index (κ3) is 4.69. The fourth-order valence-electron chi connectivity index (χ4n) is 0.744. The number of amidine groups is 1. The molecule has 0 aliphatic heterocycles. The van der Waals surface area contributed by atoms with Crippen molar-refractivity contribution in [2.45, 2.75) is 26.3 Å². The smallest absolute Gasteiger partial charge is 0.212 e. The van der Waals surface area contributed by atoms with Crippen molar-refractivity contribution in [1.29, 1.82) is 0 Å². The molecule has 0 aromatic rings. The fourth-order valence-corrected chi connectivity index (χ4v) is 2.06. The van der Waals surface area contributed by atoms with Crippen molar-refractivity contribution in [3.63, 3.8) is 0 Å². The average Bonchev–Trinajstić information content (AvgIpc) is 2.01. The summed E-state index contributed by atoms with van der Waals surface area (Å²) in [6.45, 7) is 3.26. The van der Waals surface area contributed by atoms with E-state index in [2.05, 4.69) is 9.88 Å². The molecule has 1 unspecified atom stereocenters. The van der Waals surface area contributed by atoms with Gasteiger partial charge in [-0.1, -0.05) is 12.1 Å². The molecule has 6 nitrogen and oxygen atoms in total. The molecule has 7 heteroatoms. The maximum absolute atomic E-state index is 11.2. The number of nitrogens with zero attached hydrogens (tertiary/aromatic N) is 1. The first-order chi connectivity index (χ1) is 5.93. The molecule has 0 rings (SSSR count). The third-order valence-corrected chi connectivity index (χ3v) is 3.05. The topological polar surface area (TPSA) is 105 Å². The first kappa shape index (κ1) is 12.2. The number of rotatable bonds is 5. The molecule has 4 N–H and O–H groups in total. The molecule has 0 bridgehead atoms. The van der Waals surface area contributed by atoms with E-state index < -0.39 is 16.1 Å². The van der Waals surface area contributed by atoms with E-state index in [1.165, 1.54) is 6.92 Å². The van der Waals surface area contributed by atoms with E-state index in [-0.39, 0.29) is 11.6 Å². The van der Waals surface area contributed by atoms with Crippen molar-refractivity contribution < 1.29 is 13.6 Å². The Morgan fingerprint density at radius 1 is 1.69 bits per heavy atom. The van der Waals surface area contributed by atoms with Crippen LogP contribution in [0.25, 0.3) is 0 Å². The highest BCUT2D eigenvalue weighted by Crippen LogP contribution is 1.92. The molecule has 1 atom stereocenters. The first-order valence-corrected chi connectivity index (χ1v) is 5.55. The van der Waals surface area contributed by atoms with Gasteiger partial charge in [-0.15, -0.1) is 0 Å². The highest BCUT2D eigenvalue weighted by Gasteiger charge is 2.15. The Labute approximate surface area is 77.9 Å². The molecule has 0 radical (unpaired) electrons. The molecule has 0 aliphatic carbocycles. The van der Waals surface area contributed by atoms with Crippen LogP contribution in [0.4, 0.5) is 0 Å². The lowest BCUT2D eigenvalue weighted by atomic mass is 10.3. The number of sulfonamides is 1. The summed E-state index contributed by atoms with van der Waals surface area (Å²) in [7, 11) is -3.31. The van der Waals surface area contributed by atoms with Gasteiger partial charge < -0.3 is 10.9 Å². The number of hydrogen-bond donors (Lipinski definition) is 3. The zero-order valence-electron chi connectivity index (χ0n) is 7.69. The third-order valence-electron chi connectivity index (χ3n) is 1.39. The Hall–Kier alpha value is -0.820. The Morgan fingerprint density at radius 3 is 2.62 bits per heavy atom. The summed E-state index contributed by atoms with van der Waals surface area (Å²) in [5.74, 6) is -0.115. The molecule has 0 saturated carbocycles. The van der Waals surface area contributed by atoms with Crippen LogP contribution in [0.1, 0.15) is 20.3 Å². The number of oxime groups is 1. The molecule has 0 aromatic heterocycles. The maximum atomic E-state index is 11.2. The number of nitrogens with two attached hydrogens (primary N) is 1. The monoisotopic (exact) mass is 209 g/mol. The normalized spacial score (nSPS) is 15.7. The molecule has 0 aliphatic rings. The molecule has 0 spiro atoms. The largest absolute Gasteiger partial charge is 0.409 e. The van der Waals surface area contributed by atoms with E-state index in [9.17, 15) is 8.42 Å². The lowest BCUT2D eigenvalue weighted by Gasteiger charge is -2.11. The molecule has 0 fully saturated rings. The summed E-state index contributed by atoms with van der Waals surface area (Å²) in [6, 6.07) is -0.679. The van der Waals surface area contributed by atoms with Crippen LogP contribution < -0.4 is 10.5 Å². The van der Waals surface area contributed by atoms with Gasteiger partial charge >= 0.3 is 0 Å². The van der Waals surface area contributed by atoms with Crippen LogP contribution in [0.5, 0.6) is 0 Å². The maximum Gasteiger partial charge on any atom is 0.212 e. The van der Waals surface area contributed by atoms with E-state index in [1.54, 1.807) is 6.92 Å². The Morgan fingerprint density at radius 2 is 2.23 bits per heavy atom. The van der Waals surface area contributed by atoms with Crippen molar-refractivity contribution in [2.24, 2.45) is 10.9 Å². The standard InChI is InChI=1S/C6H15N3O3S/c1-3-4-13(11,12)9-5(2)6(7)8-10/h5,9-10H,3-4H2,1-2H3,(H2,7,8). The highest BCUT2D eigenvalue weighted by molar-refractivity contribution is 7.89. The lowest BCUT2D eigenvalue weighted by molar-refractivity contribution is 0.316. The second-order valence-corrected chi connectivity index (χ2v) is 4.56. The van der Waals surface area contributed by atoms with Crippen LogP contribution in [-0.4, -0.2) is 31.3 Å². The minimum atomic E-state index is -3.31. The SMILES string of the molecule is CCCS(=O)(=O)NC(C)/C(N)=N/O. The quantitative estimate of drug-likeness (QED) is 0.244. The second kappa shape index (κ2) is 5.03. The van der Waals surface area contributed by atoms with Crippen LogP contribution in [0.3, 0.4) is 0 Å². The van der Waals surface area contributed by atoms with Gasteiger partial charge in [0.25, 0.3) is 0 Å². The van der Waals surface area contributed by atoms with E-state index in [0.717, 1.165) is 0 Å². The highest BCUT2D eigenvalue weighted by atomic mass is 32.2. The molecule has 78 valence electrons. The Balaban J connectivity index is 4.28. The molecule has 13 heavy (non-hydrogen) atoms. The predicted molar refractivity (Wildman–Crippen MR) is 50.1 cm³/mol. The van der Waals surface area contributed by atoms with Crippen LogP contribution in [0.15, 0.2) is 5.16 Å².